The van der Waals surface area contributed by atoms with Gasteiger partial charge in [-0.15, -0.1) is 11.3 Å². The molecule has 3 heterocycles. The van der Waals surface area contributed by atoms with Gasteiger partial charge in [0.15, 0.2) is 0 Å². The molecule has 3 aromatic rings. The van der Waals surface area contributed by atoms with E-state index in [-0.39, 0.29) is 11.8 Å². The molecule has 1 aromatic carbocycles. The van der Waals surface area contributed by atoms with Crippen molar-refractivity contribution in [1.29, 1.82) is 0 Å². The maximum Gasteiger partial charge on any atom is 0.218 e. The van der Waals surface area contributed by atoms with Gasteiger partial charge in [0.05, 0.1) is 11.1 Å². The van der Waals surface area contributed by atoms with Gasteiger partial charge in [0.2, 0.25) is 10.0 Å². The van der Waals surface area contributed by atoms with E-state index in [0.29, 0.717) is 13.1 Å². The summed E-state index contributed by atoms with van der Waals surface area (Å²) < 4.78 is 27.2. The third kappa shape index (κ3) is 3.76. The van der Waals surface area contributed by atoms with Crippen LogP contribution >= 0.6 is 11.3 Å². The fraction of sp³-hybridized carbons (Fsp3) is 0.429. The number of benzene rings is 1. The minimum absolute atomic E-state index is 0.0690. The Morgan fingerprint density at radius 2 is 1.90 bits per heavy atom. The van der Waals surface area contributed by atoms with Gasteiger partial charge in [0, 0.05) is 24.0 Å². The summed E-state index contributed by atoms with van der Waals surface area (Å²) in [6.45, 7) is 1.09. The Morgan fingerprint density at radius 3 is 2.69 bits per heavy atom. The number of nitrogens with one attached hydrogen (secondary N) is 1. The van der Waals surface area contributed by atoms with Crippen LogP contribution in [0.5, 0.6) is 0 Å². The molecule has 0 bridgehead atoms. The van der Waals surface area contributed by atoms with Crippen LogP contribution in [0, 0.1) is 0 Å². The van der Waals surface area contributed by atoms with Gasteiger partial charge in [-0.3, -0.25) is 0 Å². The molecule has 2 aromatic heterocycles. The van der Waals surface area contributed by atoms with E-state index >= 15 is 0 Å². The smallest absolute Gasteiger partial charge is 0.218 e. The normalized spacial score (nSPS) is 18.2. The zero-order valence-corrected chi connectivity index (χ0v) is 17.8. The predicted octanol–water partition coefficient (Wildman–Crippen LogP) is 3.59. The van der Waals surface area contributed by atoms with E-state index in [9.17, 15) is 8.42 Å². The third-order valence-electron chi connectivity index (χ3n) is 5.88. The largest absolute Gasteiger partial charge is 0.367 e. The lowest BCUT2D eigenvalue weighted by Crippen LogP contribution is -2.42. The summed E-state index contributed by atoms with van der Waals surface area (Å²) in [6, 6.07) is 9.63. The Balaban J connectivity index is 1.27. The predicted molar refractivity (Wildman–Crippen MR) is 117 cm³/mol. The second kappa shape index (κ2) is 7.66. The highest BCUT2D eigenvalue weighted by Gasteiger charge is 2.29. The highest BCUT2D eigenvalue weighted by molar-refractivity contribution is 7.88. The molecule has 1 fully saturated rings. The number of piperidine rings is 1. The molecule has 6 nitrogen and oxygen atoms in total. The lowest BCUT2D eigenvalue weighted by atomic mass is 10.1. The molecule has 152 valence electrons. The number of thiophene rings is 1. The van der Waals surface area contributed by atoms with Crippen molar-refractivity contribution < 1.29 is 8.42 Å². The molecule has 0 saturated carbocycles. The van der Waals surface area contributed by atoms with Gasteiger partial charge in [-0.1, -0.05) is 30.3 Å². The van der Waals surface area contributed by atoms with Crippen LogP contribution in [0.25, 0.3) is 10.2 Å². The van der Waals surface area contributed by atoms with Crippen molar-refractivity contribution in [3.05, 3.63) is 52.7 Å². The van der Waals surface area contributed by atoms with Crippen molar-refractivity contribution in [2.45, 2.75) is 43.9 Å². The van der Waals surface area contributed by atoms with Crippen molar-refractivity contribution in [3.8, 4) is 0 Å². The molecule has 0 amide bonds. The molecule has 0 unspecified atom stereocenters. The first-order valence-corrected chi connectivity index (χ1v) is 12.6. The molecule has 0 radical (unpaired) electrons. The molecular formula is C21H24N4O2S2. The molecule has 1 saturated heterocycles. The number of aryl methyl sites for hydroxylation is 2. The van der Waals surface area contributed by atoms with E-state index in [2.05, 4.69) is 15.3 Å². The van der Waals surface area contributed by atoms with Gasteiger partial charge in [-0.25, -0.2) is 22.7 Å². The molecule has 1 aliphatic carbocycles. The van der Waals surface area contributed by atoms with Gasteiger partial charge in [-0.2, -0.15) is 0 Å². The van der Waals surface area contributed by atoms with Crippen LogP contribution in [0.2, 0.25) is 0 Å². The number of hydrogen-bond acceptors (Lipinski definition) is 6. The van der Waals surface area contributed by atoms with Crippen molar-refractivity contribution in [1.82, 2.24) is 14.3 Å². The number of sulfonamides is 1. The summed E-state index contributed by atoms with van der Waals surface area (Å²) in [6.07, 6.45) is 6.66. The summed E-state index contributed by atoms with van der Waals surface area (Å²) in [7, 11) is -3.28. The second-order valence-corrected chi connectivity index (χ2v) is 10.9. The van der Waals surface area contributed by atoms with Gasteiger partial charge in [0.1, 0.15) is 17.0 Å². The van der Waals surface area contributed by atoms with Crippen molar-refractivity contribution in [2.24, 2.45) is 0 Å². The fourth-order valence-electron chi connectivity index (χ4n) is 4.39. The van der Waals surface area contributed by atoms with Gasteiger partial charge >= 0.3 is 0 Å². The second-order valence-electron chi connectivity index (χ2n) is 7.82. The number of fused-ring (bicyclic) bond motifs is 3. The van der Waals surface area contributed by atoms with E-state index < -0.39 is 10.0 Å². The van der Waals surface area contributed by atoms with E-state index in [0.717, 1.165) is 41.9 Å². The Morgan fingerprint density at radius 1 is 1.10 bits per heavy atom. The summed E-state index contributed by atoms with van der Waals surface area (Å²) in [5.41, 5.74) is 2.25. The minimum atomic E-state index is -3.28. The molecule has 1 aliphatic heterocycles. The van der Waals surface area contributed by atoms with E-state index in [1.165, 1.54) is 22.2 Å². The zero-order valence-electron chi connectivity index (χ0n) is 16.2. The molecule has 2 aliphatic rings. The van der Waals surface area contributed by atoms with Crippen LogP contribution in [-0.4, -0.2) is 41.8 Å². The van der Waals surface area contributed by atoms with E-state index in [1.807, 2.05) is 30.3 Å². The maximum absolute atomic E-state index is 12.8. The van der Waals surface area contributed by atoms with Crippen molar-refractivity contribution in [2.75, 3.05) is 18.4 Å². The van der Waals surface area contributed by atoms with E-state index in [4.69, 9.17) is 0 Å². The SMILES string of the molecule is O=S(=O)(Cc1ccccc1)N1CCC(Nc2ncnc3sc4c(c23)CCC4)CC1. The highest BCUT2D eigenvalue weighted by atomic mass is 32.2. The molecular weight excluding hydrogens is 404 g/mol. The van der Waals surface area contributed by atoms with Gasteiger partial charge in [0.25, 0.3) is 0 Å². The van der Waals surface area contributed by atoms with Crippen LogP contribution in [-0.2, 0) is 28.6 Å². The van der Waals surface area contributed by atoms with Crippen LogP contribution in [0.3, 0.4) is 0 Å². The first-order chi connectivity index (χ1) is 14.1. The minimum Gasteiger partial charge on any atom is -0.367 e. The summed E-state index contributed by atoms with van der Waals surface area (Å²) in [4.78, 5) is 11.5. The monoisotopic (exact) mass is 428 g/mol. The summed E-state index contributed by atoms with van der Waals surface area (Å²) in [5.74, 6) is 0.986. The molecule has 0 spiro atoms. The first kappa shape index (κ1) is 19.0. The lowest BCUT2D eigenvalue weighted by Gasteiger charge is -2.32. The fourth-order valence-corrected chi connectivity index (χ4v) is 7.18. The van der Waals surface area contributed by atoms with Gasteiger partial charge in [-0.05, 0) is 43.2 Å². The quantitative estimate of drug-likeness (QED) is 0.672. The third-order valence-corrected chi connectivity index (χ3v) is 8.93. The molecule has 1 N–H and O–H groups in total. The molecule has 5 rings (SSSR count). The van der Waals surface area contributed by atoms with Crippen LogP contribution in [0.4, 0.5) is 5.82 Å². The summed E-state index contributed by atoms with van der Waals surface area (Å²) >= 11 is 1.79. The Bertz CT molecular complexity index is 1120. The number of anilines is 1. The van der Waals surface area contributed by atoms with Crippen molar-refractivity contribution >= 4 is 37.4 Å². The number of rotatable bonds is 5. The maximum atomic E-state index is 12.8. The Kier molecular flexibility index (Phi) is 5.01. The Labute approximate surface area is 175 Å². The first-order valence-electron chi connectivity index (χ1n) is 10.1. The highest BCUT2D eigenvalue weighted by Crippen LogP contribution is 2.39. The standard InChI is InChI=1S/C21H24N4O2S2/c26-29(27,13-15-5-2-1-3-6-15)25-11-9-16(10-12-25)24-20-19-17-7-4-8-18(17)28-21(19)23-14-22-20/h1-3,5-6,14,16H,4,7-13H2,(H,22,23,24). The van der Waals surface area contributed by atoms with Crippen LogP contribution in [0.15, 0.2) is 36.7 Å². The van der Waals surface area contributed by atoms with Crippen molar-refractivity contribution in [3.63, 3.8) is 0 Å². The average molecular weight is 429 g/mol. The molecule has 0 atom stereocenters. The molecule has 29 heavy (non-hydrogen) atoms. The lowest BCUT2D eigenvalue weighted by molar-refractivity contribution is 0.329. The topological polar surface area (TPSA) is 75.2 Å². The number of aromatic nitrogens is 2. The number of nitrogens with zero attached hydrogens (tertiary/aromatic N) is 3. The van der Waals surface area contributed by atoms with E-state index in [1.54, 1.807) is 22.0 Å². The van der Waals surface area contributed by atoms with Crippen LogP contribution in [0.1, 0.15) is 35.3 Å². The summed E-state index contributed by atoms with van der Waals surface area (Å²) in [5, 5.41) is 4.78. The zero-order chi connectivity index (χ0) is 19.8. The number of hydrogen-bond donors (Lipinski definition) is 1. The molecule has 8 heteroatoms. The van der Waals surface area contributed by atoms with Crippen LogP contribution < -0.4 is 5.32 Å². The Hall–Kier alpha value is -2.03. The average Bonchev–Trinajstić information content (AvgIpc) is 3.30. The van der Waals surface area contributed by atoms with Gasteiger partial charge < -0.3 is 5.32 Å².